The molecule has 2 aromatic carbocycles. The lowest BCUT2D eigenvalue weighted by Crippen LogP contribution is -1.95. The molecule has 0 amide bonds. The molecule has 2 rings (SSSR count). The maximum atomic E-state index is 2.38. The van der Waals surface area contributed by atoms with Crippen LogP contribution in [-0.2, 0) is 6.32 Å². The summed E-state index contributed by atoms with van der Waals surface area (Å²) in [6.07, 6.45) is 10.6. The predicted octanol–water partition coefficient (Wildman–Crippen LogP) is 5.84. The zero-order valence-electron chi connectivity index (χ0n) is 15.5. The first-order valence-corrected chi connectivity index (χ1v) is 9.53. The van der Waals surface area contributed by atoms with Crippen LogP contribution in [0.15, 0.2) is 66.7 Å². The van der Waals surface area contributed by atoms with E-state index < -0.39 is 0 Å². The molecule has 0 radical (unpaired) electrons. The van der Waals surface area contributed by atoms with Gasteiger partial charge in [0.25, 0.3) is 0 Å². The second-order valence-electron chi connectivity index (χ2n) is 6.80. The lowest BCUT2D eigenvalue weighted by atomic mass is 9.91. The molecule has 0 aromatic heterocycles. The Bertz CT molecular complexity index is 598. The second kappa shape index (κ2) is 10.2. The van der Waals surface area contributed by atoms with Crippen molar-refractivity contribution in [2.24, 2.45) is 0 Å². The third kappa shape index (κ3) is 5.71. The third-order valence-electron chi connectivity index (χ3n) is 5.07. The average Bonchev–Trinajstić information content (AvgIpc) is 2.65. The van der Waals surface area contributed by atoms with Gasteiger partial charge in [0.2, 0.25) is 0 Å². The molecular weight excluding hydrogens is 287 g/mol. The van der Waals surface area contributed by atoms with Crippen molar-refractivity contribution in [2.45, 2.75) is 57.7 Å². The third-order valence-corrected chi connectivity index (χ3v) is 5.07. The van der Waals surface area contributed by atoms with E-state index in [-0.39, 0.29) is 0 Å². The van der Waals surface area contributed by atoms with Gasteiger partial charge >= 0.3 is 0 Å². The van der Waals surface area contributed by atoms with Gasteiger partial charge in [0, 0.05) is 0 Å². The number of allylic oxidation sites excluding steroid dienone is 2. The van der Waals surface area contributed by atoms with Gasteiger partial charge in [0.1, 0.15) is 7.85 Å². The first kappa shape index (κ1) is 18.6. The van der Waals surface area contributed by atoms with E-state index >= 15 is 0 Å². The summed E-state index contributed by atoms with van der Waals surface area (Å²) in [5.41, 5.74) is 4.36. The van der Waals surface area contributed by atoms with Gasteiger partial charge in [-0.1, -0.05) is 92.5 Å². The number of rotatable bonds is 9. The lowest BCUT2D eigenvalue weighted by Gasteiger charge is -2.13. The zero-order valence-corrected chi connectivity index (χ0v) is 15.5. The van der Waals surface area contributed by atoms with Gasteiger partial charge in [-0.3, -0.25) is 0 Å². The highest BCUT2D eigenvalue weighted by Gasteiger charge is 2.07. The Hall–Kier alpha value is -1.76. The highest BCUT2D eigenvalue weighted by Crippen LogP contribution is 2.24. The molecule has 0 heterocycles. The molecule has 2 unspecified atom stereocenters. The van der Waals surface area contributed by atoms with Crippen molar-refractivity contribution in [3.63, 3.8) is 0 Å². The maximum absolute atomic E-state index is 2.38. The van der Waals surface area contributed by atoms with Gasteiger partial charge in [-0.25, -0.2) is 0 Å². The monoisotopic (exact) mass is 318 g/mol. The maximum Gasteiger partial charge on any atom is 0.107 e. The first-order chi connectivity index (χ1) is 11.7. The Morgan fingerprint density at radius 1 is 0.917 bits per heavy atom. The number of hydrogen-bond acceptors (Lipinski definition) is 0. The van der Waals surface area contributed by atoms with E-state index in [2.05, 4.69) is 88.4 Å². The fourth-order valence-corrected chi connectivity index (χ4v) is 3.24. The summed E-state index contributed by atoms with van der Waals surface area (Å²) in [5, 5.41) is 0. The summed E-state index contributed by atoms with van der Waals surface area (Å²) in [5.74, 6) is 1.29. The minimum absolute atomic E-state index is 0.636. The molecule has 0 spiro atoms. The molecule has 0 aliphatic heterocycles. The van der Waals surface area contributed by atoms with E-state index in [9.17, 15) is 0 Å². The van der Waals surface area contributed by atoms with Crippen LogP contribution in [0.2, 0.25) is 0 Å². The van der Waals surface area contributed by atoms with Crippen LogP contribution in [0.4, 0.5) is 0 Å². The molecule has 2 aromatic rings. The van der Waals surface area contributed by atoms with Crippen LogP contribution in [0, 0.1) is 0 Å². The molecule has 1 heteroatoms. The molecule has 0 bridgehead atoms. The highest BCUT2D eigenvalue weighted by atomic mass is 14.1. The van der Waals surface area contributed by atoms with Crippen LogP contribution < -0.4 is 0 Å². The van der Waals surface area contributed by atoms with E-state index in [1.807, 2.05) is 0 Å². The van der Waals surface area contributed by atoms with E-state index in [0.717, 1.165) is 12.7 Å². The van der Waals surface area contributed by atoms with Gasteiger partial charge in [0.05, 0.1) is 0 Å². The fourth-order valence-electron chi connectivity index (χ4n) is 3.24. The van der Waals surface area contributed by atoms with Crippen molar-refractivity contribution in [2.75, 3.05) is 0 Å². The minimum Gasteiger partial charge on any atom is -0.0885 e. The largest absolute Gasteiger partial charge is 0.107 e. The van der Waals surface area contributed by atoms with Crippen molar-refractivity contribution >= 4 is 7.85 Å². The summed E-state index contributed by atoms with van der Waals surface area (Å²) >= 11 is 0. The fraction of sp³-hybridized carbons (Fsp3) is 0.391. The first-order valence-electron chi connectivity index (χ1n) is 9.53. The normalized spacial score (nSPS) is 13.9. The molecule has 0 aliphatic rings. The molecule has 0 saturated carbocycles. The van der Waals surface area contributed by atoms with Crippen LogP contribution in [-0.4, -0.2) is 7.85 Å². The summed E-state index contributed by atoms with van der Waals surface area (Å²) in [7, 11) is 2.21. The SMILES string of the molecule is BCc1ccc(C(C)CC/C=C/CC(CC)c2ccccc2)cc1. The standard InChI is InChI=1S/C23H31B/c1-3-21(23-12-8-5-9-13-23)11-7-4-6-10-19(2)22-16-14-20(18-24)15-17-22/h4-5,7-9,12-17,19,21H,3,6,10-11,18,24H2,1-2H3/b7-4+. The second-order valence-corrected chi connectivity index (χ2v) is 6.80. The molecule has 24 heavy (non-hydrogen) atoms. The summed E-state index contributed by atoms with van der Waals surface area (Å²) in [4.78, 5) is 0. The molecule has 0 fully saturated rings. The summed E-state index contributed by atoms with van der Waals surface area (Å²) < 4.78 is 0. The Labute approximate surface area is 149 Å². The minimum atomic E-state index is 0.636. The topological polar surface area (TPSA) is 0 Å². The van der Waals surface area contributed by atoms with Crippen LogP contribution in [0.5, 0.6) is 0 Å². The van der Waals surface area contributed by atoms with Gasteiger partial charge < -0.3 is 0 Å². The quantitative estimate of drug-likeness (QED) is 0.402. The molecule has 0 saturated heterocycles. The molecule has 126 valence electrons. The number of benzene rings is 2. The van der Waals surface area contributed by atoms with E-state index in [1.54, 1.807) is 0 Å². The van der Waals surface area contributed by atoms with E-state index in [1.165, 1.54) is 36.0 Å². The molecular formula is C23H31B. The van der Waals surface area contributed by atoms with Crippen molar-refractivity contribution < 1.29 is 0 Å². The average molecular weight is 318 g/mol. The summed E-state index contributed by atoms with van der Waals surface area (Å²) in [6.45, 7) is 4.63. The van der Waals surface area contributed by atoms with Gasteiger partial charge in [-0.05, 0) is 48.6 Å². The van der Waals surface area contributed by atoms with Crippen molar-refractivity contribution in [3.8, 4) is 0 Å². The zero-order chi connectivity index (χ0) is 17.2. The van der Waals surface area contributed by atoms with Crippen molar-refractivity contribution in [1.29, 1.82) is 0 Å². The Morgan fingerprint density at radius 2 is 1.62 bits per heavy atom. The van der Waals surface area contributed by atoms with Gasteiger partial charge in [-0.15, -0.1) is 0 Å². The van der Waals surface area contributed by atoms with Crippen molar-refractivity contribution in [3.05, 3.63) is 83.4 Å². The molecule has 2 atom stereocenters. The van der Waals surface area contributed by atoms with Crippen LogP contribution in [0.25, 0.3) is 0 Å². The highest BCUT2D eigenvalue weighted by molar-refractivity contribution is 6.08. The smallest absolute Gasteiger partial charge is 0.0885 e. The van der Waals surface area contributed by atoms with Gasteiger partial charge in [0.15, 0.2) is 0 Å². The summed E-state index contributed by atoms with van der Waals surface area (Å²) in [6, 6.07) is 20.0. The van der Waals surface area contributed by atoms with Crippen LogP contribution in [0.3, 0.4) is 0 Å². The van der Waals surface area contributed by atoms with E-state index in [4.69, 9.17) is 0 Å². The predicted molar refractivity (Wildman–Crippen MR) is 110 cm³/mol. The number of hydrogen-bond donors (Lipinski definition) is 0. The lowest BCUT2D eigenvalue weighted by molar-refractivity contribution is 0.665. The molecule has 0 aliphatic carbocycles. The Morgan fingerprint density at radius 3 is 2.25 bits per heavy atom. The Balaban J connectivity index is 1.77. The van der Waals surface area contributed by atoms with Crippen LogP contribution >= 0.6 is 0 Å². The van der Waals surface area contributed by atoms with Crippen molar-refractivity contribution in [1.82, 2.24) is 0 Å². The van der Waals surface area contributed by atoms with Gasteiger partial charge in [-0.2, -0.15) is 0 Å². The molecule has 0 N–H and O–H groups in total. The van der Waals surface area contributed by atoms with Crippen LogP contribution in [0.1, 0.15) is 68.1 Å². The van der Waals surface area contributed by atoms with E-state index in [0.29, 0.717) is 11.8 Å². The molecule has 0 nitrogen and oxygen atoms in total. The Kier molecular flexibility index (Phi) is 7.88.